The van der Waals surface area contributed by atoms with Crippen molar-refractivity contribution in [1.29, 1.82) is 0 Å². The summed E-state index contributed by atoms with van der Waals surface area (Å²) in [5.41, 5.74) is 6.03. The Bertz CT molecular complexity index is 520. The summed E-state index contributed by atoms with van der Waals surface area (Å²) in [7, 11) is 1.33. The second kappa shape index (κ2) is 7.58. The number of ether oxygens (including phenoxy) is 1. The molecule has 6 nitrogen and oxygen atoms in total. The molecule has 4 N–H and O–H groups in total. The Morgan fingerprint density at radius 3 is 2.62 bits per heavy atom. The first-order chi connectivity index (χ1) is 9.85. The summed E-state index contributed by atoms with van der Waals surface area (Å²) in [6.45, 7) is 3.42. The third-order valence-corrected chi connectivity index (χ3v) is 2.88. The van der Waals surface area contributed by atoms with Gasteiger partial charge < -0.3 is 21.1 Å². The lowest BCUT2D eigenvalue weighted by molar-refractivity contribution is -0.125. The average molecular weight is 297 g/mol. The number of carbonyl (C=O) groups is 2. The van der Waals surface area contributed by atoms with Crippen molar-refractivity contribution >= 4 is 17.5 Å². The minimum atomic E-state index is -0.663. The highest BCUT2D eigenvalue weighted by atomic mass is 19.1. The highest BCUT2D eigenvalue weighted by Gasteiger charge is 2.17. The number of nitrogens with one attached hydrogen (secondary N) is 2. The van der Waals surface area contributed by atoms with Gasteiger partial charge in [-0.3, -0.25) is 9.59 Å². The minimum Gasteiger partial charge on any atom is -0.494 e. The molecule has 0 saturated heterocycles. The molecule has 0 heterocycles. The molecule has 1 aromatic carbocycles. The van der Waals surface area contributed by atoms with Crippen molar-refractivity contribution < 1.29 is 18.7 Å². The quantitative estimate of drug-likeness (QED) is 0.726. The summed E-state index contributed by atoms with van der Waals surface area (Å²) in [4.78, 5) is 23.3. The van der Waals surface area contributed by atoms with Crippen LogP contribution in [0.4, 0.5) is 10.1 Å². The molecule has 21 heavy (non-hydrogen) atoms. The van der Waals surface area contributed by atoms with Crippen LogP contribution in [-0.2, 0) is 9.59 Å². The van der Waals surface area contributed by atoms with Gasteiger partial charge in [0.05, 0.1) is 19.7 Å². The highest BCUT2D eigenvalue weighted by Crippen LogP contribution is 2.21. The molecule has 0 radical (unpaired) electrons. The van der Waals surface area contributed by atoms with Gasteiger partial charge in [-0.1, -0.05) is 13.8 Å². The Hall–Kier alpha value is -2.15. The Morgan fingerprint density at radius 1 is 1.38 bits per heavy atom. The van der Waals surface area contributed by atoms with E-state index in [0.717, 1.165) is 0 Å². The zero-order valence-corrected chi connectivity index (χ0v) is 12.3. The van der Waals surface area contributed by atoms with E-state index in [1.807, 2.05) is 13.8 Å². The van der Waals surface area contributed by atoms with E-state index in [9.17, 15) is 14.0 Å². The second-order valence-electron chi connectivity index (χ2n) is 4.89. The van der Waals surface area contributed by atoms with Gasteiger partial charge in [0, 0.05) is 11.8 Å². The van der Waals surface area contributed by atoms with E-state index < -0.39 is 23.7 Å². The molecule has 0 spiro atoms. The van der Waals surface area contributed by atoms with Gasteiger partial charge >= 0.3 is 0 Å². The summed E-state index contributed by atoms with van der Waals surface area (Å²) in [6.07, 6.45) is 0. The third kappa shape index (κ3) is 5.03. The molecule has 0 bridgehead atoms. The molecule has 0 aromatic heterocycles. The van der Waals surface area contributed by atoms with Crippen LogP contribution in [0.2, 0.25) is 0 Å². The van der Waals surface area contributed by atoms with Crippen molar-refractivity contribution in [2.24, 2.45) is 11.7 Å². The molecule has 116 valence electrons. The van der Waals surface area contributed by atoms with E-state index in [1.165, 1.54) is 25.3 Å². The summed E-state index contributed by atoms with van der Waals surface area (Å²) in [6, 6.07) is 3.28. The summed E-state index contributed by atoms with van der Waals surface area (Å²) in [5.74, 6) is -1.34. The molecule has 0 unspecified atom stereocenters. The lowest BCUT2D eigenvalue weighted by atomic mass is 10.1. The van der Waals surface area contributed by atoms with Crippen LogP contribution in [0.15, 0.2) is 18.2 Å². The molecule has 2 amide bonds. The standard InChI is InChI=1S/C14H20FN3O3/c1-8(2)13(16)14(20)17-7-12(19)18-9-4-5-10(15)11(6-9)21-3/h4-6,8,13H,7,16H2,1-3H3,(H,17,20)(H,18,19)/t13-/m0/s1. The second-order valence-corrected chi connectivity index (χ2v) is 4.89. The van der Waals surface area contributed by atoms with E-state index in [4.69, 9.17) is 10.5 Å². The van der Waals surface area contributed by atoms with E-state index in [-0.39, 0.29) is 18.2 Å². The molecule has 0 aliphatic rings. The fourth-order valence-corrected chi connectivity index (χ4v) is 1.53. The molecule has 0 aliphatic carbocycles. The van der Waals surface area contributed by atoms with E-state index in [0.29, 0.717) is 5.69 Å². The Morgan fingerprint density at radius 2 is 2.05 bits per heavy atom. The average Bonchev–Trinajstić information content (AvgIpc) is 2.45. The Balaban J connectivity index is 2.53. The van der Waals surface area contributed by atoms with Gasteiger partial charge in [-0.25, -0.2) is 4.39 Å². The van der Waals surface area contributed by atoms with Gasteiger partial charge in [-0.2, -0.15) is 0 Å². The maximum Gasteiger partial charge on any atom is 0.243 e. The van der Waals surface area contributed by atoms with Gasteiger partial charge in [0.1, 0.15) is 0 Å². The van der Waals surface area contributed by atoms with Crippen LogP contribution >= 0.6 is 0 Å². The molecule has 0 aliphatic heterocycles. The van der Waals surface area contributed by atoms with Crippen LogP contribution in [0.25, 0.3) is 0 Å². The number of rotatable bonds is 6. The van der Waals surface area contributed by atoms with Crippen LogP contribution in [0.3, 0.4) is 0 Å². The normalized spacial score (nSPS) is 11.9. The van der Waals surface area contributed by atoms with Crippen LogP contribution < -0.4 is 21.1 Å². The number of benzene rings is 1. The van der Waals surface area contributed by atoms with Crippen molar-refractivity contribution in [3.8, 4) is 5.75 Å². The SMILES string of the molecule is COc1cc(NC(=O)CNC(=O)[C@@H](N)C(C)C)ccc1F. The largest absolute Gasteiger partial charge is 0.494 e. The first-order valence-electron chi connectivity index (χ1n) is 6.51. The molecule has 0 fully saturated rings. The van der Waals surface area contributed by atoms with E-state index in [1.54, 1.807) is 0 Å². The number of hydrogen-bond acceptors (Lipinski definition) is 4. The van der Waals surface area contributed by atoms with Gasteiger partial charge in [0.25, 0.3) is 0 Å². The summed E-state index contributed by atoms with van der Waals surface area (Å²) < 4.78 is 18.0. The predicted octanol–water partition coefficient (Wildman–Crippen LogP) is 0.872. The lowest BCUT2D eigenvalue weighted by Crippen LogP contribution is -2.46. The first kappa shape index (κ1) is 16.9. The molecular formula is C14H20FN3O3. The first-order valence-corrected chi connectivity index (χ1v) is 6.51. The van der Waals surface area contributed by atoms with Crippen molar-refractivity contribution in [1.82, 2.24) is 5.32 Å². The maximum atomic E-state index is 13.2. The number of halogens is 1. The number of hydrogen-bond donors (Lipinski definition) is 3. The highest BCUT2D eigenvalue weighted by molar-refractivity contribution is 5.95. The Kier molecular flexibility index (Phi) is 6.10. The van der Waals surface area contributed by atoms with Gasteiger partial charge in [-0.05, 0) is 18.1 Å². The Labute approximate surface area is 122 Å². The smallest absolute Gasteiger partial charge is 0.243 e. The number of nitrogens with two attached hydrogens (primary N) is 1. The van der Waals surface area contributed by atoms with Gasteiger partial charge in [0.2, 0.25) is 11.8 Å². The molecular weight excluding hydrogens is 277 g/mol. The lowest BCUT2D eigenvalue weighted by Gasteiger charge is -2.15. The van der Waals surface area contributed by atoms with Gasteiger partial charge in [0.15, 0.2) is 11.6 Å². The topological polar surface area (TPSA) is 93.5 Å². The molecule has 1 atom stereocenters. The third-order valence-electron chi connectivity index (χ3n) is 2.88. The number of anilines is 1. The number of amides is 2. The molecule has 1 aromatic rings. The molecule has 0 saturated carbocycles. The maximum absolute atomic E-state index is 13.2. The van der Waals surface area contributed by atoms with Gasteiger partial charge in [-0.15, -0.1) is 0 Å². The van der Waals surface area contributed by atoms with Crippen molar-refractivity contribution in [2.45, 2.75) is 19.9 Å². The van der Waals surface area contributed by atoms with E-state index in [2.05, 4.69) is 10.6 Å². The number of carbonyl (C=O) groups excluding carboxylic acids is 2. The van der Waals surface area contributed by atoms with Crippen LogP contribution in [0, 0.1) is 11.7 Å². The monoisotopic (exact) mass is 297 g/mol. The van der Waals surface area contributed by atoms with E-state index >= 15 is 0 Å². The zero-order valence-electron chi connectivity index (χ0n) is 12.3. The predicted molar refractivity (Wildman–Crippen MR) is 77.4 cm³/mol. The van der Waals surface area contributed by atoms with Crippen LogP contribution in [-0.4, -0.2) is 31.5 Å². The minimum absolute atomic E-state index is 0.0191. The summed E-state index contributed by atoms with van der Waals surface area (Å²) in [5, 5.41) is 4.97. The molecule has 1 rings (SSSR count). The number of methoxy groups -OCH3 is 1. The van der Waals surface area contributed by atoms with Crippen molar-refractivity contribution in [2.75, 3.05) is 19.0 Å². The summed E-state index contributed by atoms with van der Waals surface area (Å²) >= 11 is 0. The molecule has 7 heteroatoms. The van der Waals surface area contributed by atoms with Crippen LogP contribution in [0.5, 0.6) is 5.75 Å². The zero-order chi connectivity index (χ0) is 16.0. The fourth-order valence-electron chi connectivity index (χ4n) is 1.53. The van der Waals surface area contributed by atoms with Crippen molar-refractivity contribution in [3.63, 3.8) is 0 Å². The fraction of sp³-hybridized carbons (Fsp3) is 0.429. The van der Waals surface area contributed by atoms with Crippen molar-refractivity contribution in [3.05, 3.63) is 24.0 Å². The van der Waals surface area contributed by atoms with Crippen LogP contribution in [0.1, 0.15) is 13.8 Å².